The molecule has 6 nitrogen and oxygen atoms in total. The van der Waals surface area contributed by atoms with Gasteiger partial charge in [-0.1, -0.05) is 6.92 Å². The van der Waals surface area contributed by atoms with E-state index in [1.165, 1.54) is 6.92 Å². The summed E-state index contributed by atoms with van der Waals surface area (Å²) in [5.74, 6) is 0. The van der Waals surface area contributed by atoms with Crippen molar-refractivity contribution in [1.82, 2.24) is 5.32 Å². The number of thiophene rings is 1. The highest BCUT2D eigenvalue weighted by Crippen LogP contribution is 2.42. The van der Waals surface area contributed by atoms with Gasteiger partial charge in [-0.3, -0.25) is 0 Å². The lowest BCUT2D eigenvalue weighted by molar-refractivity contribution is 0.477. The van der Waals surface area contributed by atoms with Crippen molar-refractivity contribution in [3.05, 3.63) is 11.6 Å². The van der Waals surface area contributed by atoms with Gasteiger partial charge in [-0.05, 0) is 25.8 Å². The van der Waals surface area contributed by atoms with E-state index in [1.807, 2.05) is 0 Å². The first-order chi connectivity index (χ1) is 11.5. The van der Waals surface area contributed by atoms with Gasteiger partial charge in [0.15, 0.2) is 9.84 Å². The van der Waals surface area contributed by atoms with E-state index in [0.29, 0.717) is 0 Å². The first kappa shape index (κ1) is 8.08. The Balaban J connectivity index is 3.06. The molecule has 0 bridgehead atoms. The molecule has 0 saturated carbocycles. The fraction of sp³-hybridized carbons (Fsp3) is 0.600. The van der Waals surface area contributed by atoms with E-state index in [4.69, 9.17) is 14.7 Å². The Kier molecular flexibility index (Phi) is 2.05. The second kappa shape index (κ2) is 4.81. The third-order valence-corrected chi connectivity index (χ3v) is 6.92. The summed E-state index contributed by atoms with van der Waals surface area (Å²) in [7, 11) is -9.70. The smallest absolute Gasteiger partial charge is 0.247 e. The average Bonchev–Trinajstić information content (AvgIpc) is 2.79. The largest absolute Gasteiger partial charge is 0.310 e. The molecule has 1 aliphatic heterocycles. The van der Waals surface area contributed by atoms with Crippen molar-refractivity contribution in [3.63, 3.8) is 0 Å². The molecular weight excluding hydrogens is 308 g/mol. The highest BCUT2D eigenvalue weighted by molar-refractivity contribution is 7.95. The van der Waals surface area contributed by atoms with Crippen molar-refractivity contribution in [1.29, 1.82) is 0 Å². The maximum absolute atomic E-state index is 12.9. The van der Waals surface area contributed by atoms with Gasteiger partial charge in [-0.15, -0.1) is 11.3 Å². The summed E-state index contributed by atoms with van der Waals surface area (Å²) < 4.78 is 102. The summed E-state index contributed by atoms with van der Waals surface area (Å²) in [6, 6.07) is -2.53. The average molecular weight is 331 g/mol. The van der Waals surface area contributed by atoms with Crippen LogP contribution in [0.2, 0.25) is 0 Å². The van der Waals surface area contributed by atoms with Gasteiger partial charge in [-0.25, -0.2) is 22.0 Å². The minimum Gasteiger partial charge on any atom is -0.310 e. The second-order valence-electron chi connectivity index (χ2n) is 3.73. The Morgan fingerprint density at radius 2 is 2.47 bits per heavy atom. The molecule has 2 atom stereocenters. The van der Waals surface area contributed by atoms with E-state index >= 15 is 0 Å². The van der Waals surface area contributed by atoms with E-state index in [9.17, 15) is 16.8 Å². The molecule has 0 saturated heterocycles. The third kappa shape index (κ3) is 2.57. The van der Waals surface area contributed by atoms with Crippen molar-refractivity contribution in [2.75, 3.05) is 6.54 Å². The lowest BCUT2D eigenvalue weighted by Crippen LogP contribution is -2.33. The Hall–Kier alpha value is -0.480. The number of sulfonamides is 1. The van der Waals surface area contributed by atoms with Gasteiger partial charge in [-0.2, -0.15) is 0 Å². The molecule has 0 aliphatic carbocycles. The summed E-state index contributed by atoms with van der Waals surface area (Å²) in [5, 5.41) is 3.93. The number of fused-ring (bicyclic) bond motifs is 1. The number of nitrogens with two attached hydrogens (primary N) is 1. The van der Waals surface area contributed by atoms with Gasteiger partial charge in [0, 0.05) is 19.8 Å². The highest BCUT2D eigenvalue weighted by atomic mass is 32.3. The van der Waals surface area contributed by atoms with E-state index in [1.54, 1.807) is 0 Å². The first-order valence-corrected chi connectivity index (χ1v) is 8.95. The molecule has 0 amide bonds. The van der Waals surface area contributed by atoms with Gasteiger partial charge in [0.2, 0.25) is 10.0 Å². The molecule has 1 aliphatic rings. The Morgan fingerprint density at radius 1 is 1.79 bits per heavy atom. The zero-order chi connectivity index (χ0) is 20.5. The van der Waals surface area contributed by atoms with Crippen LogP contribution < -0.4 is 10.5 Å². The van der Waals surface area contributed by atoms with Crippen LogP contribution in [-0.4, -0.2) is 28.6 Å². The number of sulfone groups is 1. The van der Waals surface area contributed by atoms with Crippen LogP contribution >= 0.6 is 11.3 Å². The maximum Gasteiger partial charge on any atom is 0.247 e. The van der Waals surface area contributed by atoms with Crippen LogP contribution in [0.5, 0.6) is 0 Å². The number of rotatable bonds is 3. The number of hydrogen-bond acceptors (Lipinski definition) is 6. The van der Waals surface area contributed by atoms with Crippen molar-refractivity contribution in [2.45, 2.75) is 39.8 Å². The molecule has 108 valence electrons. The number of nitrogens with one attached hydrogen (secondary N) is 1. The summed E-state index contributed by atoms with van der Waals surface area (Å²) >= 11 is 0.0595. The zero-order valence-corrected chi connectivity index (χ0v) is 12.2. The fourth-order valence-corrected chi connectivity index (χ4v) is 5.16. The number of primary sulfonamides is 1. The standard InChI is InChI=1S/C10H16N2O4S3/c1-3-12-8-4-6(2)18(13,14)10-7(8)5-9(17-10)19(11,15)16/h5-6,8,12H,3-4H2,1-2H3,(H2,11,15,16)/t6-,8-/m0/s1/i2D3,4D2,5D,6D. The Labute approximate surface area is 126 Å². The molecule has 1 aromatic rings. The minimum atomic E-state index is -5.19. The first-order valence-electron chi connectivity index (χ1n) is 8.60. The van der Waals surface area contributed by atoms with E-state index in [-0.39, 0.29) is 17.9 Å². The fourth-order valence-electron chi connectivity index (χ4n) is 1.58. The lowest BCUT2D eigenvalue weighted by atomic mass is 10.1. The van der Waals surface area contributed by atoms with E-state index in [2.05, 4.69) is 5.32 Å². The summed E-state index contributed by atoms with van der Waals surface area (Å²) in [4.78, 5) is 0. The molecule has 0 unspecified atom stereocenters. The van der Waals surface area contributed by atoms with Gasteiger partial charge >= 0.3 is 0 Å². The Bertz CT molecular complexity index is 954. The quantitative estimate of drug-likeness (QED) is 0.844. The van der Waals surface area contributed by atoms with Crippen LogP contribution in [0.3, 0.4) is 0 Å². The molecule has 0 radical (unpaired) electrons. The summed E-state index contributed by atoms with van der Waals surface area (Å²) in [6.45, 7) is -2.02. The molecule has 2 rings (SSSR count). The monoisotopic (exact) mass is 331 g/mol. The minimum absolute atomic E-state index is 0.0424. The summed E-state index contributed by atoms with van der Waals surface area (Å²) in [5.41, 5.74) is -0.530. The molecule has 3 N–H and O–H groups in total. The van der Waals surface area contributed by atoms with Crippen LogP contribution in [0.15, 0.2) is 14.5 Å². The van der Waals surface area contributed by atoms with Crippen LogP contribution in [0.25, 0.3) is 0 Å². The maximum atomic E-state index is 12.9. The zero-order valence-electron chi connectivity index (χ0n) is 16.7. The molecule has 19 heavy (non-hydrogen) atoms. The molecule has 9 heteroatoms. The van der Waals surface area contributed by atoms with Gasteiger partial charge in [0.25, 0.3) is 0 Å². The molecule has 0 aromatic carbocycles. The number of hydrogen-bond donors (Lipinski definition) is 2. The van der Waals surface area contributed by atoms with E-state index in [0.717, 1.165) is 0 Å². The second-order valence-corrected chi connectivity index (χ2v) is 8.59. The molecule has 0 spiro atoms. The topological polar surface area (TPSA) is 106 Å². The van der Waals surface area contributed by atoms with Crippen molar-refractivity contribution < 1.29 is 26.4 Å². The van der Waals surface area contributed by atoms with Crippen LogP contribution in [0.4, 0.5) is 0 Å². The van der Waals surface area contributed by atoms with Crippen molar-refractivity contribution >= 4 is 31.2 Å². The Morgan fingerprint density at radius 3 is 3.00 bits per heavy atom. The van der Waals surface area contributed by atoms with Gasteiger partial charge < -0.3 is 5.32 Å². The predicted octanol–water partition coefficient (Wildman–Crippen LogP) is 0.612. The summed E-state index contributed by atoms with van der Waals surface area (Å²) in [6.07, 6.45) is -3.20. The van der Waals surface area contributed by atoms with Crippen LogP contribution in [0, 0.1) is 0 Å². The third-order valence-electron chi connectivity index (χ3n) is 2.39. The lowest BCUT2D eigenvalue weighted by Gasteiger charge is -2.27. The SMILES string of the molecule is [2H]c1c(S(N)(=O)=O)sc2c1[C@@H](NCC)C([2H])([2H])[C@]([2H])(C([2H])([2H])[2H])S2(=O)=O. The normalized spacial score (nSPS) is 38.6. The molecule has 2 heterocycles. The van der Waals surface area contributed by atoms with Gasteiger partial charge in [0.1, 0.15) is 8.42 Å². The van der Waals surface area contributed by atoms with Crippen LogP contribution in [0.1, 0.15) is 41.3 Å². The highest BCUT2D eigenvalue weighted by Gasteiger charge is 2.39. The molecule has 0 fully saturated rings. The van der Waals surface area contributed by atoms with Gasteiger partial charge in [0.05, 0.1) is 6.60 Å². The molecular formula is C10H16N2O4S3. The van der Waals surface area contributed by atoms with E-state index < -0.39 is 64.4 Å². The molecule has 1 aromatic heterocycles. The van der Waals surface area contributed by atoms with Crippen molar-refractivity contribution in [2.24, 2.45) is 5.14 Å². The van der Waals surface area contributed by atoms with Crippen LogP contribution in [-0.2, 0) is 19.9 Å². The predicted molar refractivity (Wildman–Crippen MR) is 73.4 cm³/mol. The van der Waals surface area contributed by atoms with Crippen molar-refractivity contribution in [3.8, 4) is 0 Å².